The van der Waals surface area contributed by atoms with Crippen LogP contribution in [0.15, 0.2) is 49.3 Å². The Morgan fingerprint density at radius 1 is 0.371 bits per heavy atom. The van der Waals surface area contributed by atoms with Gasteiger partial charge in [-0.05, 0) is 78.6 Å². The number of rotatable bonds is 0. The van der Waals surface area contributed by atoms with E-state index in [-0.39, 0.29) is 22.3 Å². The summed E-state index contributed by atoms with van der Waals surface area (Å²) in [7, 11) is 0. The topological polar surface area (TPSA) is 103 Å². The van der Waals surface area contributed by atoms with Gasteiger partial charge in [0.05, 0.1) is 22.8 Å². The maximum Gasteiger partial charge on any atom is 0.125 e. The van der Waals surface area contributed by atoms with Crippen LogP contribution in [0.3, 0.4) is 0 Å². The molecular formula is C27H44N8. The van der Waals surface area contributed by atoms with Crippen LogP contribution in [0.1, 0.15) is 67.8 Å². The molecule has 0 unspecified atom stereocenters. The third-order valence-corrected chi connectivity index (χ3v) is 3.66. The average Bonchev–Trinajstić information content (AvgIpc) is 2.78. The van der Waals surface area contributed by atoms with E-state index in [9.17, 15) is 0 Å². The minimum absolute atomic E-state index is 0. The lowest BCUT2D eigenvalue weighted by atomic mass is 10.4. The van der Waals surface area contributed by atoms with Crippen LogP contribution in [0.5, 0.6) is 0 Å². The summed E-state index contributed by atoms with van der Waals surface area (Å²) in [5, 5.41) is 7.66. The Kier molecular flexibility index (Phi) is 20.3. The maximum absolute atomic E-state index is 4.02. The van der Waals surface area contributed by atoms with Gasteiger partial charge in [0.1, 0.15) is 11.6 Å². The maximum atomic E-state index is 4.02. The van der Waals surface area contributed by atoms with Crippen LogP contribution in [0.4, 0.5) is 0 Å². The van der Waals surface area contributed by atoms with Crippen LogP contribution in [-0.4, -0.2) is 40.1 Å². The zero-order valence-corrected chi connectivity index (χ0v) is 20.2. The Bertz CT molecular complexity index is 757. The van der Waals surface area contributed by atoms with Crippen LogP contribution in [0.25, 0.3) is 0 Å². The summed E-state index contributed by atoms with van der Waals surface area (Å²) in [5.41, 5.74) is 6.09. The van der Waals surface area contributed by atoms with E-state index >= 15 is 0 Å². The van der Waals surface area contributed by atoms with Gasteiger partial charge in [0, 0.05) is 37.2 Å². The van der Waals surface area contributed by atoms with Crippen molar-refractivity contribution in [2.75, 3.05) is 0 Å². The molecule has 35 heavy (non-hydrogen) atoms. The van der Waals surface area contributed by atoms with E-state index in [4.69, 9.17) is 0 Å². The highest BCUT2D eigenvalue weighted by Gasteiger charge is 1.84. The lowest BCUT2D eigenvalue weighted by Gasteiger charge is -1.88. The molecule has 0 aliphatic heterocycles. The Labute approximate surface area is 212 Å². The Balaban J connectivity index is -0.000000379. The molecular weight excluding hydrogens is 436 g/mol. The summed E-state index contributed by atoms with van der Waals surface area (Å²) < 4.78 is 0. The van der Waals surface area contributed by atoms with E-state index in [1.54, 1.807) is 12.4 Å². The van der Waals surface area contributed by atoms with Crippen molar-refractivity contribution < 1.29 is 0 Å². The quantitative estimate of drug-likeness (QED) is 0.289. The first-order valence-corrected chi connectivity index (χ1v) is 10.2. The van der Waals surface area contributed by atoms with Crippen LogP contribution in [0, 0.1) is 55.4 Å². The third kappa shape index (κ3) is 18.4. The molecule has 4 aromatic rings. The molecule has 0 atom stereocenters. The van der Waals surface area contributed by atoms with Gasteiger partial charge in [0.2, 0.25) is 0 Å². The van der Waals surface area contributed by atoms with E-state index in [0.29, 0.717) is 0 Å². The second-order valence-electron chi connectivity index (χ2n) is 7.23. The molecule has 0 fully saturated rings. The first kappa shape index (κ1) is 35.9. The summed E-state index contributed by atoms with van der Waals surface area (Å²) >= 11 is 0. The van der Waals surface area contributed by atoms with Crippen molar-refractivity contribution in [2.24, 2.45) is 0 Å². The van der Waals surface area contributed by atoms with E-state index in [2.05, 4.69) is 40.1 Å². The van der Waals surface area contributed by atoms with Gasteiger partial charge in [-0.1, -0.05) is 22.3 Å². The number of nitrogens with zero attached hydrogens (tertiary/aromatic N) is 8. The van der Waals surface area contributed by atoms with Crippen molar-refractivity contribution in [3.63, 3.8) is 0 Å². The summed E-state index contributed by atoms with van der Waals surface area (Å²) in [6.07, 6.45) is 10.8. The van der Waals surface area contributed by atoms with E-state index in [0.717, 1.165) is 45.6 Å². The molecule has 0 spiro atoms. The molecule has 0 aliphatic carbocycles. The molecule has 4 aromatic heterocycles. The van der Waals surface area contributed by atoms with Gasteiger partial charge in [-0.2, -0.15) is 10.2 Å². The molecule has 0 bridgehead atoms. The predicted molar refractivity (Wildman–Crippen MR) is 146 cm³/mol. The van der Waals surface area contributed by atoms with Gasteiger partial charge < -0.3 is 0 Å². The van der Waals surface area contributed by atoms with Crippen LogP contribution in [0.2, 0.25) is 0 Å². The zero-order chi connectivity index (χ0) is 23.9. The highest BCUT2D eigenvalue weighted by molar-refractivity contribution is 5.03. The molecule has 0 radical (unpaired) electrons. The van der Waals surface area contributed by atoms with Crippen molar-refractivity contribution in [3.05, 3.63) is 94.9 Å². The summed E-state index contributed by atoms with van der Waals surface area (Å²) in [4.78, 5) is 23.9. The van der Waals surface area contributed by atoms with Gasteiger partial charge >= 0.3 is 0 Å². The molecule has 4 heterocycles. The SMILES string of the molecule is C.C.C.Cc1ccc(C)nn1.Cc1cnc(C)cn1.Cc1cnc(C)nc1.Cc1cnc(C)nc1. The molecule has 0 saturated carbocycles. The minimum Gasteiger partial charge on any atom is -0.258 e. The van der Waals surface area contributed by atoms with Crippen LogP contribution < -0.4 is 0 Å². The predicted octanol–water partition coefficient (Wildman–Crippen LogP) is 6.28. The third-order valence-electron chi connectivity index (χ3n) is 3.66. The normalized spacial score (nSPS) is 8.46. The minimum atomic E-state index is 0. The summed E-state index contributed by atoms with van der Waals surface area (Å²) in [6.45, 7) is 15.4. The van der Waals surface area contributed by atoms with Crippen LogP contribution >= 0.6 is 0 Å². The van der Waals surface area contributed by atoms with Crippen molar-refractivity contribution in [1.82, 2.24) is 40.1 Å². The number of aryl methyl sites for hydroxylation is 8. The fourth-order valence-corrected chi connectivity index (χ4v) is 1.84. The second kappa shape index (κ2) is 19.8. The molecule has 192 valence electrons. The molecule has 0 amide bonds. The largest absolute Gasteiger partial charge is 0.258 e. The van der Waals surface area contributed by atoms with Gasteiger partial charge in [-0.15, -0.1) is 0 Å². The smallest absolute Gasteiger partial charge is 0.125 e. The first-order valence-electron chi connectivity index (χ1n) is 10.2. The molecule has 0 aliphatic rings. The number of hydrogen-bond acceptors (Lipinski definition) is 8. The van der Waals surface area contributed by atoms with E-state index in [1.165, 1.54) is 0 Å². The fourth-order valence-electron chi connectivity index (χ4n) is 1.84. The number of aromatic nitrogens is 8. The van der Waals surface area contributed by atoms with E-state index < -0.39 is 0 Å². The molecule has 0 aromatic carbocycles. The van der Waals surface area contributed by atoms with Crippen molar-refractivity contribution in [1.29, 1.82) is 0 Å². The average molecular weight is 481 g/mol. The van der Waals surface area contributed by atoms with Crippen LogP contribution in [-0.2, 0) is 0 Å². The Morgan fingerprint density at radius 3 is 0.857 bits per heavy atom. The monoisotopic (exact) mass is 480 g/mol. The second-order valence-corrected chi connectivity index (χ2v) is 7.23. The lowest BCUT2D eigenvalue weighted by Crippen LogP contribution is -1.86. The van der Waals surface area contributed by atoms with Crippen molar-refractivity contribution >= 4 is 0 Å². The summed E-state index contributed by atoms with van der Waals surface area (Å²) in [5.74, 6) is 1.66. The molecule has 4 rings (SSSR count). The van der Waals surface area contributed by atoms with Gasteiger partial charge in [0.25, 0.3) is 0 Å². The lowest BCUT2D eigenvalue weighted by molar-refractivity contribution is 0.941. The van der Waals surface area contributed by atoms with Crippen molar-refractivity contribution in [2.45, 2.75) is 77.7 Å². The molecule has 0 saturated heterocycles. The van der Waals surface area contributed by atoms with E-state index in [1.807, 2.05) is 92.3 Å². The molecule has 8 nitrogen and oxygen atoms in total. The Morgan fingerprint density at radius 2 is 0.657 bits per heavy atom. The van der Waals surface area contributed by atoms with Gasteiger partial charge in [-0.3, -0.25) is 9.97 Å². The molecule has 0 N–H and O–H groups in total. The standard InChI is InChI=1S/4C6H8N2.3CH4/c1-5-3-8-6(2)4-7-5;2*1-5-3-7-6(2)8-4-5;1-5-3-4-6(2)8-7-5;;;/h4*3-4H,1-2H3;3*1H4. The first-order chi connectivity index (χ1) is 15.2. The highest BCUT2D eigenvalue weighted by atomic mass is 15.1. The van der Waals surface area contributed by atoms with Gasteiger partial charge in [0.15, 0.2) is 0 Å². The number of hydrogen-bond donors (Lipinski definition) is 0. The van der Waals surface area contributed by atoms with Gasteiger partial charge in [-0.25, -0.2) is 19.9 Å². The Hall–Kier alpha value is -3.68. The molecule has 8 heteroatoms. The zero-order valence-electron chi connectivity index (χ0n) is 20.2. The van der Waals surface area contributed by atoms with Crippen molar-refractivity contribution in [3.8, 4) is 0 Å². The fraction of sp³-hybridized carbons (Fsp3) is 0.407. The summed E-state index contributed by atoms with van der Waals surface area (Å²) in [6, 6.07) is 3.89. The highest BCUT2D eigenvalue weighted by Crippen LogP contribution is 1.91.